The predicted molar refractivity (Wildman–Crippen MR) is 84.6 cm³/mol. The molecule has 0 saturated carbocycles. The summed E-state index contributed by atoms with van der Waals surface area (Å²) in [4.78, 5) is 11.9. The molecule has 0 spiro atoms. The van der Waals surface area contributed by atoms with E-state index in [1.54, 1.807) is 0 Å². The lowest BCUT2D eigenvalue weighted by Gasteiger charge is -2.26. The molecule has 114 valence electrons. The first-order valence-electron chi connectivity index (χ1n) is 7.21. The lowest BCUT2D eigenvalue weighted by Crippen LogP contribution is -2.42. The summed E-state index contributed by atoms with van der Waals surface area (Å²) in [6.07, 6.45) is -0.196. The van der Waals surface area contributed by atoms with E-state index in [1.807, 2.05) is 55.5 Å². The van der Waals surface area contributed by atoms with E-state index in [4.69, 9.17) is 9.47 Å². The number of fused-ring (bicyclic) bond motifs is 1. The second-order valence-electron chi connectivity index (χ2n) is 5.20. The second kappa shape index (κ2) is 6.39. The van der Waals surface area contributed by atoms with Gasteiger partial charge in [-0.15, -0.1) is 0 Å². The molecule has 5 nitrogen and oxygen atoms in total. The summed E-state index contributed by atoms with van der Waals surface area (Å²) in [5.74, 6) is 1.45. The van der Waals surface area contributed by atoms with Crippen molar-refractivity contribution < 1.29 is 14.3 Å². The summed E-state index contributed by atoms with van der Waals surface area (Å²) in [7, 11) is 0. The Morgan fingerprint density at radius 3 is 2.82 bits per heavy atom. The minimum Gasteiger partial charge on any atom is -0.486 e. The molecule has 1 atom stereocenters. The van der Waals surface area contributed by atoms with Crippen LogP contribution in [-0.4, -0.2) is 25.3 Å². The molecule has 2 N–H and O–H groups in total. The number of hydrogen-bond donors (Lipinski definition) is 2. The van der Waals surface area contributed by atoms with E-state index in [0.29, 0.717) is 18.9 Å². The van der Waals surface area contributed by atoms with Gasteiger partial charge in [0.2, 0.25) is 0 Å². The van der Waals surface area contributed by atoms with Gasteiger partial charge in [0.05, 0.1) is 6.54 Å². The molecule has 0 unspecified atom stereocenters. The van der Waals surface area contributed by atoms with Crippen LogP contribution < -0.4 is 20.1 Å². The minimum atomic E-state index is -0.256. The number of carbonyl (C=O) groups excluding carboxylic acids is 1. The first-order valence-corrected chi connectivity index (χ1v) is 7.21. The van der Waals surface area contributed by atoms with Crippen molar-refractivity contribution in [2.24, 2.45) is 0 Å². The molecular formula is C17H18N2O3. The summed E-state index contributed by atoms with van der Waals surface area (Å²) >= 11 is 0. The lowest BCUT2D eigenvalue weighted by molar-refractivity contribution is 0.0922. The van der Waals surface area contributed by atoms with E-state index in [0.717, 1.165) is 17.0 Å². The number of ether oxygens (including phenoxy) is 2. The van der Waals surface area contributed by atoms with Crippen LogP contribution in [-0.2, 0) is 0 Å². The fraction of sp³-hybridized carbons (Fsp3) is 0.235. The van der Waals surface area contributed by atoms with Crippen molar-refractivity contribution in [3.8, 4) is 11.5 Å². The van der Waals surface area contributed by atoms with E-state index in [-0.39, 0.29) is 12.1 Å². The van der Waals surface area contributed by atoms with E-state index in [2.05, 4.69) is 10.6 Å². The summed E-state index contributed by atoms with van der Waals surface area (Å²) in [5.41, 5.74) is 1.86. The van der Waals surface area contributed by atoms with Gasteiger partial charge in [-0.2, -0.15) is 0 Å². The number of para-hydroxylation sites is 2. The highest BCUT2D eigenvalue weighted by atomic mass is 16.6. The summed E-state index contributed by atoms with van der Waals surface area (Å²) in [6.45, 7) is 2.78. The molecule has 2 amide bonds. The van der Waals surface area contributed by atoms with E-state index < -0.39 is 0 Å². The number of aryl methyl sites for hydroxylation is 1. The third-order valence-electron chi connectivity index (χ3n) is 3.33. The van der Waals surface area contributed by atoms with Gasteiger partial charge in [-0.1, -0.05) is 24.3 Å². The monoisotopic (exact) mass is 298 g/mol. The van der Waals surface area contributed by atoms with Crippen molar-refractivity contribution in [1.82, 2.24) is 5.32 Å². The van der Waals surface area contributed by atoms with Crippen molar-refractivity contribution in [2.45, 2.75) is 13.0 Å². The van der Waals surface area contributed by atoms with Crippen molar-refractivity contribution in [3.05, 3.63) is 54.1 Å². The van der Waals surface area contributed by atoms with E-state index >= 15 is 0 Å². The summed E-state index contributed by atoms with van der Waals surface area (Å²) in [6, 6.07) is 14.9. The molecule has 0 saturated heterocycles. The topological polar surface area (TPSA) is 59.6 Å². The van der Waals surface area contributed by atoms with Gasteiger partial charge in [-0.05, 0) is 36.8 Å². The van der Waals surface area contributed by atoms with Crippen LogP contribution in [0.1, 0.15) is 5.56 Å². The molecule has 0 fully saturated rings. The number of nitrogens with one attached hydrogen (secondary N) is 2. The Balaban J connectivity index is 1.50. The van der Waals surface area contributed by atoms with Gasteiger partial charge in [0.25, 0.3) is 0 Å². The largest absolute Gasteiger partial charge is 0.486 e. The Morgan fingerprint density at radius 2 is 2.00 bits per heavy atom. The zero-order chi connectivity index (χ0) is 15.4. The van der Waals surface area contributed by atoms with Gasteiger partial charge < -0.3 is 20.1 Å². The predicted octanol–water partition coefficient (Wildman–Crippen LogP) is 2.96. The SMILES string of the molecule is Cc1cccc(NC(=O)NC[C@H]2COc3ccccc3O2)c1. The molecule has 3 rings (SSSR count). The first-order chi connectivity index (χ1) is 10.7. The van der Waals surface area contributed by atoms with Crippen LogP contribution >= 0.6 is 0 Å². The molecule has 1 aliphatic heterocycles. The standard InChI is InChI=1S/C17H18N2O3/c1-12-5-4-6-13(9-12)19-17(20)18-10-14-11-21-15-7-2-3-8-16(15)22-14/h2-9,14H,10-11H2,1H3,(H2,18,19,20)/t14-/m0/s1. The van der Waals surface area contributed by atoms with Crippen LogP contribution in [0.25, 0.3) is 0 Å². The Labute approximate surface area is 129 Å². The maximum absolute atomic E-state index is 11.9. The molecule has 22 heavy (non-hydrogen) atoms. The normalized spacial score (nSPS) is 16.0. The van der Waals surface area contributed by atoms with Gasteiger partial charge in [0.15, 0.2) is 17.6 Å². The summed E-state index contributed by atoms with van der Waals surface area (Å²) < 4.78 is 11.4. The van der Waals surface area contributed by atoms with Gasteiger partial charge in [-0.25, -0.2) is 4.79 Å². The Hall–Kier alpha value is -2.69. The van der Waals surface area contributed by atoms with Crippen molar-refractivity contribution in [2.75, 3.05) is 18.5 Å². The van der Waals surface area contributed by atoms with Gasteiger partial charge in [-0.3, -0.25) is 0 Å². The fourth-order valence-electron chi connectivity index (χ4n) is 2.27. The molecule has 1 aliphatic rings. The number of urea groups is 1. The lowest BCUT2D eigenvalue weighted by atomic mass is 10.2. The van der Waals surface area contributed by atoms with Crippen LogP contribution in [0, 0.1) is 6.92 Å². The maximum Gasteiger partial charge on any atom is 0.319 e. The number of hydrogen-bond acceptors (Lipinski definition) is 3. The average molecular weight is 298 g/mol. The summed E-state index contributed by atoms with van der Waals surface area (Å²) in [5, 5.41) is 5.59. The number of anilines is 1. The molecule has 5 heteroatoms. The Bertz CT molecular complexity index is 672. The molecule has 0 aromatic heterocycles. The van der Waals surface area contributed by atoms with E-state index in [1.165, 1.54) is 0 Å². The number of rotatable bonds is 3. The van der Waals surface area contributed by atoms with Crippen molar-refractivity contribution in [3.63, 3.8) is 0 Å². The smallest absolute Gasteiger partial charge is 0.319 e. The van der Waals surface area contributed by atoms with Crippen LogP contribution in [0.3, 0.4) is 0 Å². The average Bonchev–Trinajstić information content (AvgIpc) is 2.53. The number of amides is 2. The third kappa shape index (κ3) is 3.49. The number of benzene rings is 2. The molecular weight excluding hydrogens is 280 g/mol. The van der Waals surface area contributed by atoms with Crippen LogP contribution in [0.2, 0.25) is 0 Å². The van der Waals surface area contributed by atoms with Crippen LogP contribution in [0.15, 0.2) is 48.5 Å². The van der Waals surface area contributed by atoms with Gasteiger partial charge in [0.1, 0.15) is 6.61 Å². The van der Waals surface area contributed by atoms with Crippen molar-refractivity contribution in [1.29, 1.82) is 0 Å². The molecule has 2 aromatic carbocycles. The van der Waals surface area contributed by atoms with E-state index in [9.17, 15) is 4.79 Å². The zero-order valence-electron chi connectivity index (χ0n) is 12.3. The molecule has 0 bridgehead atoms. The Kier molecular flexibility index (Phi) is 4.14. The quantitative estimate of drug-likeness (QED) is 0.916. The maximum atomic E-state index is 11.9. The fourth-order valence-corrected chi connectivity index (χ4v) is 2.27. The number of carbonyl (C=O) groups is 1. The highest BCUT2D eigenvalue weighted by molar-refractivity contribution is 5.89. The van der Waals surface area contributed by atoms with Crippen LogP contribution in [0.5, 0.6) is 11.5 Å². The molecule has 0 radical (unpaired) electrons. The second-order valence-corrected chi connectivity index (χ2v) is 5.20. The van der Waals surface area contributed by atoms with Crippen LogP contribution in [0.4, 0.5) is 10.5 Å². The van der Waals surface area contributed by atoms with Gasteiger partial charge in [0, 0.05) is 5.69 Å². The highest BCUT2D eigenvalue weighted by Gasteiger charge is 2.20. The molecule has 2 aromatic rings. The zero-order valence-corrected chi connectivity index (χ0v) is 12.3. The molecule has 0 aliphatic carbocycles. The minimum absolute atomic E-state index is 0.196. The third-order valence-corrected chi connectivity index (χ3v) is 3.33. The molecule has 1 heterocycles. The van der Waals surface area contributed by atoms with Gasteiger partial charge >= 0.3 is 6.03 Å². The first kappa shape index (κ1) is 14.3. The Morgan fingerprint density at radius 1 is 1.18 bits per heavy atom. The highest BCUT2D eigenvalue weighted by Crippen LogP contribution is 2.30. The van der Waals surface area contributed by atoms with Crippen molar-refractivity contribution >= 4 is 11.7 Å².